The molecule has 1 aromatic carbocycles. The van der Waals surface area contributed by atoms with E-state index in [1.165, 1.54) is 0 Å². The second-order valence-corrected chi connectivity index (χ2v) is 4.90. The van der Waals surface area contributed by atoms with Crippen molar-refractivity contribution in [3.8, 4) is 11.5 Å². The Morgan fingerprint density at radius 3 is 2.42 bits per heavy atom. The summed E-state index contributed by atoms with van der Waals surface area (Å²) in [7, 11) is 4.83. The molecule has 1 N–H and O–H groups in total. The molecule has 1 rings (SSSR count). The maximum atomic E-state index is 12.2. The molecule has 4 nitrogen and oxygen atoms in total. The molecule has 0 aromatic heterocycles. The minimum Gasteiger partial charge on any atom is -0.493 e. The average molecular weight is 286 g/mol. The number of Topliss-reactive ketones (excluding diaryl/α,β-unsaturated/α-hetero) is 1. The molecule has 0 heterocycles. The van der Waals surface area contributed by atoms with Crippen molar-refractivity contribution in [1.82, 2.24) is 5.32 Å². The molecule has 0 unspecified atom stereocenters. The molecule has 0 spiro atoms. The van der Waals surface area contributed by atoms with Crippen LogP contribution in [0.25, 0.3) is 0 Å². The van der Waals surface area contributed by atoms with Gasteiger partial charge in [-0.2, -0.15) is 0 Å². The molecule has 1 aromatic rings. The molecule has 0 amide bonds. The maximum absolute atomic E-state index is 12.2. The van der Waals surface area contributed by atoms with E-state index in [-0.39, 0.29) is 18.2 Å². The van der Waals surface area contributed by atoms with Gasteiger partial charge in [-0.1, -0.05) is 25.4 Å². The van der Waals surface area contributed by atoms with Crippen molar-refractivity contribution in [2.45, 2.75) is 19.8 Å². The third-order valence-corrected chi connectivity index (χ3v) is 3.15. The summed E-state index contributed by atoms with van der Waals surface area (Å²) in [6.45, 7) is 4.21. The van der Waals surface area contributed by atoms with Crippen LogP contribution >= 0.6 is 11.6 Å². The van der Waals surface area contributed by atoms with Crippen LogP contribution in [0.5, 0.6) is 11.5 Å². The summed E-state index contributed by atoms with van der Waals surface area (Å²) in [4.78, 5) is 12.2. The number of carbonyl (C=O) groups excluding carboxylic acids is 1. The lowest BCUT2D eigenvalue weighted by atomic mass is 9.93. The lowest BCUT2D eigenvalue weighted by Gasteiger charge is -2.20. The van der Waals surface area contributed by atoms with Crippen LogP contribution in [0.3, 0.4) is 0 Å². The number of ether oxygens (including phenoxy) is 2. The summed E-state index contributed by atoms with van der Waals surface area (Å²) in [5.74, 6) is 1.15. The van der Waals surface area contributed by atoms with Crippen molar-refractivity contribution in [2.24, 2.45) is 0 Å². The van der Waals surface area contributed by atoms with Crippen molar-refractivity contribution < 1.29 is 14.3 Å². The fraction of sp³-hybridized carbons (Fsp3) is 0.500. The third kappa shape index (κ3) is 3.19. The number of hydrogen-bond donors (Lipinski definition) is 1. The average Bonchev–Trinajstić information content (AvgIpc) is 2.37. The monoisotopic (exact) mass is 285 g/mol. The SMILES string of the molecule is CNCC(=O)c1c(Cl)cc(OC)c(OC)c1C(C)C. The molecule has 0 radical (unpaired) electrons. The van der Waals surface area contributed by atoms with E-state index in [1.807, 2.05) is 13.8 Å². The fourth-order valence-electron chi connectivity index (χ4n) is 2.07. The molecule has 0 bridgehead atoms. The first-order valence-corrected chi connectivity index (χ1v) is 6.47. The Balaban J connectivity index is 3.56. The Morgan fingerprint density at radius 2 is 2.00 bits per heavy atom. The summed E-state index contributed by atoms with van der Waals surface area (Å²) < 4.78 is 10.7. The Morgan fingerprint density at radius 1 is 1.37 bits per heavy atom. The summed E-state index contributed by atoms with van der Waals surface area (Å²) >= 11 is 6.23. The van der Waals surface area contributed by atoms with Gasteiger partial charge in [-0.15, -0.1) is 0 Å². The summed E-state index contributed by atoms with van der Waals surface area (Å²) in [5.41, 5.74) is 1.29. The quantitative estimate of drug-likeness (QED) is 0.817. The standard InChI is InChI=1S/C14H20ClNO3/c1-8(2)12-13(10(17)7-16-3)9(15)6-11(18-4)14(12)19-5/h6,8,16H,7H2,1-5H3. The highest BCUT2D eigenvalue weighted by Gasteiger charge is 2.24. The van der Waals surface area contributed by atoms with Gasteiger partial charge >= 0.3 is 0 Å². The van der Waals surface area contributed by atoms with Gasteiger partial charge in [0.05, 0.1) is 25.8 Å². The highest BCUT2D eigenvalue weighted by atomic mass is 35.5. The zero-order valence-electron chi connectivity index (χ0n) is 12.0. The molecule has 0 fully saturated rings. The van der Waals surface area contributed by atoms with Crippen LogP contribution in [-0.4, -0.2) is 33.6 Å². The van der Waals surface area contributed by atoms with Crippen LogP contribution in [-0.2, 0) is 0 Å². The molecule has 0 atom stereocenters. The van der Waals surface area contributed by atoms with E-state index in [1.54, 1.807) is 27.3 Å². The fourth-order valence-corrected chi connectivity index (χ4v) is 2.38. The number of nitrogens with one attached hydrogen (secondary N) is 1. The first kappa shape index (κ1) is 15.8. The molecular formula is C14H20ClNO3. The van der Waals surface area contributed by atoms with E-state index in [2.05, 4.69) is 5.32 Å². The van der Waals surface area contributed by atoms with Crippen molar-refractivity contribution in [1.29, 1.82) is 0 Å². The topological polar surface area (TPSA) is 47.6 Å². The molecule has 106 valence electrons. The molecule has 0 aliphatic rings. The summed E-state index contributed by atoms with van der Waals surface area (Å²) in [6, 6.07) is 1.62. The van der Waals surface area contributed by atoms with Crippen LogP contribution in [0, 0.1) is 0 Å². The van der Waals surface area contributed by atoms with Gasteiger partial charge in [0.25, 0.3) is 0 Å². The Kier molecular flexibility index (Phi) is 5.63. The number of methoxy groups -OCH3 is 2. The predicted octanol–water partition coefficient (Wildman–Crippen LogP) is 2.88. The molecular weight excluding hydrogens is 266 g/mol. The van der Waals surface area contributed by atoms with Crippen LogP contribution < -0.4 is 14.8 Å². The highest BCUT2D eigenvalue weighted by Crippen LogP contribution is 2.41. The molecule has 0 saturated carbocycles. The number of likely N-dealkylation sites (N-methyl/N-ethyl adjacent to an activating group) is 1. The van der Waals surface area contributed by atoms with Crippen LogP contribution in [0.15, 0.2) is 6.07 Å². The Labute approximate surface area is 119 Å². The van der Waals surface area contributed by atoms with Gasteiger partial charge < -0.3 is 14.8 Å². The minimum atomic E-state index is -0.0582. The summed E-state index contributed by atoms with van der Waals surface area (Å²) in [5, 5.41) is 3.24. The number of ketones is 1. The zero-order valence-corrected chi connectivity index (χ0v) is 12.7. The van der Waals surface area contributed by atoms with Gasteiger partial charge in [0.1, 0.15) is 0 Å². The highest BCUT2D eigenvalue weighted by molar-refractivity contribution is 6.34. The van der Waals surface area contributed by atoms with Crippen LogP contribution in [0.4, 0.5) is 0 Å². The number of carbonyl (C=O) groups is 1. The van der Waals surface area contributed by atoms with Crippen LogP contribution in [0.1, 0.15) is 35.7 Å². The number of halogens is 1. The Hall–Kier alpha value is -1.26. The first-order chi connectivity index (χ1) is 8.97. The zero-order chi connectivity index (χ0) is 14.6. The second-order valence-electron chi connectivity index (χ2n) is 4.49. The van der Waals surface area contributed by atoms with E-state index < -0.39 is 0 Å². The van der Waals surface area contributed by atoms with E-state index >= 15 is 0 Å². The lowest BCUT2D eigenvalue weighted by molar-refractivity contribution is 0.0992. The van der Waals surface area contributed by atoms with Gasteiger partial charge in [0, 0.05) is 17.2 Å². The van der Waals surface area contributed by atoms with Gasteiger partial charge in [-0.3, -0.25) is 4.79 Å². The lowest BCUT2D eigenvalue weighted by Crippen LogP contribution is -2.21. The molecule has 0 aliphatic carbocycles. The van der Waals surface area contributed by atoms with Crippen LogP contribution in [0.2, 0.25) is 5.02 Å². The minimum absolute atomic E-state index is 0.0582. The third-order valence-electron chi connectivity index (χ3n) is 2.85. The molecule has 0 saturated heterocycles. The van der Waals surface area contributed by atoms with Crippen molar-refractivity contribution >= 4 is 17.4 Å². The van der Waals surface area contributed by atoms with E-state index in [0.29, 0.717) is 22.1 Å². The van der Waals surface area contributed by atoms with E-state index in [4.69, 9.17) is 21.1 Å². The smallest absolute Gasteiger partial charge is 0.178 e. The predicted molar refractivity (Wildman–Crippen MR) is 76.9 cm³/mol. The first-order valence-electron chi connectivity index (χ1n) is 6.10. The van der Waals surface area contributed by atoms with Gasteiger partial charge in [-0.25, -0.2) is 0 Å². The number of hydrogen-bond acceptors (Lipinski definition) is 4. The van der Waals surface area contributed by atoms with Crippen molar-refractivity contribution in [3.63, 3.8) is 0 Å². The maximum Gasteiger partial charge on any atom is 0.178 e. The van der Waals surface area contributed by atoms with Gasteiger partial charge in [-0.05, 0) is 13.0 Å². The molecule has 0 aliphatic heterocycles. The normalized spacial score (nSPS) is 10.7. The second kappa shape index (κ2) is 6.78. The summed E-state index contributed by atoms with van der Waals surface area (Å²) in [6.07, 6.45) is 0. The van der Waals surface area contributed by atoms with Gasteiger partial charge in [0.2, 0.25) is 0 Å². The molecule has 5 heteroatoms. The largest absolute Gasteiger partial charge is 0.493 e. The Bertz CT molecular complexity index is 472. The number of benzene rings is 1. The van der Waals surface area contributed by atoms with Crippen molar-refractivity contribution in [2.75, 3.05) is 27.8 Å². The van der Waals surface area contributed by atoms with E-state index in [0.717, 1.165) is 5.56 Å². The molecule has 19 heavy (non-hydrogen) atoms. The number of rotatable bonds is 6. The van der Waals surface area contributed by atoms with Gasteiger partial charge in [0.15, 0.2) is 17.3 Å². The van der Waals surface area contributed by atoms with E-state index in [9.17, 15) is 4.79 Å². The van der Waals surface area contributed by atoms with Crippen molar-refractivity contribution in [3.05, 3.63) is 22.2 Å².